The minimum Gasteiger partial charge on any atom is -0.445 e. The third kappa shape index (κ3) is 7.84. The zero-order valence-corrected chi connectivity index (χ0v) is 26.8. The van der Waals surface area contributed by atoms with Gasteiger partial charge in [-0.15, -0.1) is 0 Å². The summed E-state index contributed by atoms with van der Waals surface area (Å²) in [5.41, 5.74) is 5.83. The summed E-state index contributed by atoms with van der Waals surface area (Å²) in [7, 11) is 0. The van der Waals surface area contributed by atoms with Gasteiger partial charge in [-0.2, -0.15) is 0 Å². The lowest BCUT2D eigenvalue weighted by atomic mass is 9.91. The molecule has 8 nitrogen and oxygen atoms in total. The molecule has 1 amide bonds. The van der Waals surface area contributed by atoms with Crippen LogP contribution in [0.2, 0.25) is 0 Å². The third-order valence-corrected chi connectivity index (χ3v) is 8.84. The highest BCUT2D eigenvalue weighted by molar-refractivity contribution is 7.99. The SMILES string of the molecule is C=CCOC(=O)Nc1cccc([C@@H]2O[C@H](CSc3nc(-c4ccccc4)c(-c4ccccc4)o3)[C@H](C)[C@H](c3ccc(CO)cc3)O2)c1. The average Bonchev–Trinajstić information content (AvgIpc) is 3.56. The average molecular weight is 649 g/mol. The zero-order chi connectivity index (χ0) is 32.6. The second-order valence-corrected chi connectivity index (χ2v) is 12.1. The summed E-state index contributed by atoms with van der Waals surface area (Å²) in [6.07, 6.45) is -0.328. The molecule has 0 radical (unpaired) electrons. The monoisotopic (exact) mass is 648 g/mol. The summed E-state index contributed by atoms with van der Waals surface area (Å²) in [4.78, 5) is 17.1. The highest BCUT2D eigenvalue weighted by atomic mass is 32.2. The number of aliphatic hydroxyl groups excluding tert-OH is 1. The van der Waals surface area contributed by atoms with Gasteiger partial charge < -0.3 is 23.7 Å². The van der Waals surface area contributed by atoms with Gasteiger partial charge in [0.25, 0.3) is 5.22 Å². The number of ether oxygens (including phenoxy) is 3. The summed E-state index contributed by atoms with van der Waals surface area (Å²) >= 11 is 1.50. The van der Waals surface area contributed by atoms with E-state index in [1.807, 2.05) is 103 Å². The van der Waals surface area contributed by atoms with Crippen LogP contribution in [-0.2, 0) is 20.8 Å². The number of benzene rings is 4. The molecule has 0 spiro atoms. The largest absolute Gasteiger partial charge is 0.445 e. The molecule has 240 valence electrons. The highest BCUT2D eigenvalue weighted by Crippen LogP contribution is 2.44. The molecule has 0 aliphatic carbocycles. The van der Waals surface area contributed by atoms with Crippen LogP contribution in [0.3, 0.4) is 0 Å². The first kappa shape index (κ1) is 32.3. The lowest BCUT2D eigenvalue weighted by Crippen LogP contribution is -2.38. The van der Waals surface area contributed by atoms with E-state index in [9.17, 15) is 9.90 Å². The van der Waals surface area contributed by atoms with Gasteiger partial charge in [-0.3, -0.25) is 5.32 Å². The quantitative estimate of drug-likeness (QED) is 0.108. The van der Waals surface area contributed by atoms with Gasteiger partial charge in [0, 0.05) is 34.0 Å². The van der Waals surface area contributed by atoms with E-state index in [0.29, 0.717) is 16.7 Å². The van der Waals surface area contributed by atoms with Gasteiger partial charge >= 0.3 is 6.09 Å². The minimum atomic E-state index is -0.713. The fourth-order valence-electron chi connectivity index (χ4n) is 5.45. The minimum absolute atomic E-state index is 0.0343. The molecule has 2 heterocycles. The van der Waals surface area contributed by atoms with E-state index in [-0.39, 0.29) is 31.3 Å². The number of hydrogen-bond acceptors (Lipinski definition) is 8. The zero-order valence-electron chi connectivity index (χ0n) is 26.0. The predicted octanol–water partition coefficient (Wildman–Crippen LogP) is 8.82. The second-order valence-electron chi connectivity index (χ2n) is 11.2. The van der Waals surface area contributed by atoms with E-state index in [4.69, 9.17) is 23.6 Å². The van der Waals surface area contributed by atoms with Crippen LogP contribution >= 0.6 is 11.8 Å². The Bertz CT molecular complexity index is 1720. The molecule has 1 aromatic heterocycles. The van der Waals surface area contributed by atoms with Gasteiger partial charge in [0.15, 0.2) is 12.1 Å². The van der Waals surface area contributed by atoms with E-state index in [1.165, 1.54) is 17.8 Å². The lowest BCUT2D eigenvalue weighted by Gasteiger charge is -2.41. The smallest absolute Gasteiger partial charge is 0.411 e. The van der Waals surface area contributed by atoms with Crippen molar-refractivity contribution in [2.75, 3.05) is 17.7 Å². The number of rotatable bonds is 11. The van der Waals surface area contributed by atoms with Gasteiger partial charge in [0.1, 0.15) is 12.3 Å². The number of nitrogens with zero attached hydrogens (tertiary/aromatic N) is 1. The molecule has 0 bridgehead atoms. The number of anilines is 1. The third-order valence-electron chi connectivity index (χ3n) is 7.92. The van der Waals surface area contributed by atoms with Crippen molar-refractivity contribution in [3.8, 4) is 22.6 Å². The van der Waals surface area contributed by atoms with Crippen LogP contribution in [0, 0.1) is 5.92 Å². The Balaban J connectivity index is 1.27. The van der Waals surface area contributed by atoms with Crippen molar-refractivity contribution in [3.05, 3.63) is 139 Å². The molecule has 1 saturated heterocycles. The molecule has 1 fully saturated rings. The van der Waals surface area contributed by atoms with E-state index >= 15 is 0 Å². The Kier molecular flexibility index (Phi) is 10.5. The Morgan fingerprint density at radius 2 is 1.66 bits per heavy atom. The molecule has 1 aliphatic rings. The topological polar surface area (TPSA) is 103 Å². The molecule has 47 heavy (non-hydrogen) atoms. The fraction of sp³-hybridized carbons (Fsp3) is 0.211. The molecule has 1 aliphatic heterocycles. The molecule has 2 N–H and O–H groups in total. The number of hydrogen-bond donors (Lipinski definition) is 2. The lowest BCUT2D eigenvalue weighted by molar-refractivity contribution is -0.268. The van der Waals surface area contributed by atoms with E-state index in [1.54, 1.807) is 6.07 Å². The van der Waals surface area contributed by atoms with Crippen molar-refractivity contribution in [2.45, 2.75) is 37.3 Å². The Morgan fingerprint density at radius 1 is 0.936 bits per heavy atom. The molecule has 4 atom stereocenters. The predicted molar refractivity (Wildman–Crippen MR) is 183 cm³/mol. The van der Waals surface area contributed by atoms with Crippen molar-refractivity contribution in [1.29, 1.82) is 0 Å². The van der Waals surface area contributed by atoms with Crippen LogP contribution < -0.4 is 5.32 Å². The normalized spacial score (nSPS) is 19.2. The highest BCUT2D eigenvalue weighted by Gasteiger charge is 2.39. The summed E-state index contributed by atoms with van der Waals surface area (Å²) in [6, 6.07) is 35.1. The number of nitrogens with one attached hydrogen (secondary N) is 1. The molecule has 6 rings (SSSR count). The number of carbonyl (C=O) groups is 1. The number of oxazole rings is 1. The van der Waals surface area contributed by atoms with Crippen molar-refractivity contribution in [2.24, 2.45) is 5.92 Å². The fourth-order valence-corrected chi connectivity index (χ4v) is 6.44. The van der Waals surface area contributed by atoms with E-state index < -0.39 is 12.4 Å². The second kappa shape index (κ2) is 15.3. The molecule has 0 saturated carbocycles. The first-order chi connectivity index (χ1) is 23.0. The van der Waals surface area contributed by atoms with Crippen LogP contribution in [0.1, 0.15) is 36.0 Å². The van der Waals surface area contributed by atoms with Crippen LogP contribution in [0.25, 0.3) is 22.6 Å². The Hall–Kier alpha value is -4.67. The van der Waals surface area contributed by atoms with Crippen LogP contribution in [0.15, 0.2) is 131 Å². The summed E-state index contributed by atoms with van der Waals surface area (Å²) < 4.78 is 24.7. The molecular weight excluding hydrogens is 612 g/mol. The maximum atomic E-state index is 12.2. The number of aromatic nitrogens is 1. The van der Waals surface area contributed by atoms with Crippen molar-refractivity contribution < 1.29 is 28.5 Å². The summed E-state index contributed by atoms with van der Waals surface area (Å²) in [5, 5.41) is 12.9. The van der Waals surface area contributed by atoms with Gasteiger partial charge in [0.05, 0.1) is 18.8 Å². The van der Waals surface area contributed by atoms with Crippen LogP contribution in [0.4, 0.5) is 10.5 Å². The van der Waals surface area contributed by atoms with Gasteiger partial charge in [-0.05, 0) is 23.3 Å². The maximum absolute atomic E-state index is 12.2. The number of carbonyl (C=O) groups excluding carboxylic acids is 1. The molecule has 5 aromatic rings. The van der Waals surface area contributed by atoms with Crippen LogP contribution in [0.5, 0.6) is 0 Å². The maximum Gasteiger partial charge on any atom is 0.411 e. The summed E-state index contributed by atoms with van der Waals surface area (Å²) in [5.74, 6) is 1.24. The number of aliphatic hydroxyl groups is 1. The van der Waals surface area contributed by atoms with Gasteiger partial charge in [-0.25, -0.2) is 9.78 Å². The molecule has 4 aromatic carbocycles. The van der Waals surface area contributed by atoms with Crippen molar-refractivity contribution in [3.63, 3.8) is 0 Å². The Morgan fingerprint density at radius 3 is 2.36 bits per heavy atom. The van der Waals surface area contributed by atoms with E-state index in [2.05, 4.69) is 18.8 Å². The first-order valence-electron chi connectivity index (χ1n) is 15.4. The van der Waals surface area contributed by atoms with Crippen molar-refractivity contribution >= 4 is 23.5 Å². The van der Waals surface area contributed by atoms with E-state index in [0.717, 1.165) is 39.3 Å². The van der Waals surface area contributed by atoms with Crippen LogP contribution in [-0.4, -0.2) is 34.6 Å². The first-order valence-corrected chi connectivity index (χ1v) is 16.4. The Labute approximate surface area is 278 Å². The molecule has 0 unspecified atom stereocenters. The van der Waals surface area contributed by atoms with Crippen molar-refractivity contribution in [1.82, 2.24) is 4.98 Å². The van der Waals surface area contributed by atoms with Gasteiger partial charge in [-0.1, -0.05) is 128 Å². The summed E-state index contributed by atoms with van der Waals surface area (Å²) in [6.45, 7) is 5.76. The molecular formula is C38H36N2O6S. The number of amides is 1. The van der Waals surface area contributed by atoms with Gasteiger partial charge in [0.2, 0.25) is 0 Å². The number of thioether (sulfide) groups is 1. The molecule has 9 heteroatoms. The standard InChI is InChI=1S/C38H36N2O6S/c1-3-21-43-37(42)39-31-16-10-15-30(22-31)36-44-32(25(2)34(45-36)29-19-17-26(23-41)18-20-29)24-47-38-40-33(27-11-6-4-7-12-27)35(46-38)28-13-8-5-9-14-28/h3-20,22,25,32,34,36,41H,1,21,23-24H2,2H3,(H,39,42)/t25-,32+,34+,36+/m0/s1.